The van der Waals surface area contributed by atoms with Gasteiger partial charge in [-0.1, -0.05) is 36.8 Å². The third kappa shape index (κ3) is 5.22. The Hall–Kier alpha value is -1.57. The Kier molecular flexibility index (Phi) is 7.93. The van der Waals surface area contributed by atoms with Crippen molar-refractivity contribution in [3.05, 3.63) is 53.9 Å². The first-order chi connectivity index (χ1) is 12.2. The number of hydrogen-bond acceptors (Lipinski definition) is 2. The van der Waals surface area contributed by atoms with Gasteiger partial charge in [0.15, 0.2) is 5.96 Å². The topological polar surface area (TPSA) is 54.2 Å². The van der Waals surface area contributed by atoms with Crippen molar-refractivity contribution in [1.82, 2.24) is 20.4 Å². The van der Waals surface area contributed by atoms with E-state index in [4.69, 9.17) is 0 Å². The maximum absolute atomic E-state index is 4.36. The van der Waals surface area contributed by atoms with Crippen molar-refractivity contribution in [1.29, 1.82) is 0 Å². The minimum Gasteiger partial charge on any atom is -0.356 e. The molecule has 2 N–H and O–H groups in total. The fraction of sp³-hybridized carbons (Fsp3) is 0.500. The van der Waals surface area contributed by atoms with Gasteiger partial charge in [-0.25, -0.2) is 0 Å². The number of nitrogens with one attached hydrogen (secondary N) is 2. The number of aromatic nitrogens is 2. The van der Waals surface area contributed by atoms with Gasteiger partial charge in [-0.15, -0.1) is 24.0 Å². The van der Waals surface area contributed by atoms with Gasteiger partial charge >= 0.3 is 0 Å². The summed E-state index contributed by atoms with van der Waals surface area (Å²) >= 11 is 0. The van der Waals surface area contributed by atoms with Crippen LogP contribution in [0.2, 0.25) is 0 Å². The molecule has 1 saturated carbocycles. The van der Waals surface area contributed by atoms with E-state index in [9.17, 15) is 0 Å². The predicted octanol–water partition coefficient (Wildman–Crippen LogP) is 3.49. The number of hydrogen-bond donors (Lipinski definition) is 2. The molecule has 0 unspecified atom stereocenters. The minimum absolute atomic E-state index is 0. The van der Waals surface area contributed by atoms with E-state index in [1.54, 1.807) is 0 Å². The molecule has 1 heterocycles. The van der Waals surface area contributed by atoms with Gasteiger partial charge in [0.25, 0.3) is 0 Å². The summed E-state index contributed by atoms with van der Waals surface area (Å²) in [5.41, 5.74) is 2.92. The van der Waals surface area contributed by atoms with Crippen LogP contribution in [0.25, 0.3) is 0 Å². The SMILES string of the molecule is CN=C(NCCCn1cc(C)cn1)NCC1(c2ccccc2)CCC1.I. The predicted molar refractivity (Wildman–Crippen MR) is 118 cm³/mol. The van der Waals surface area contributed by atoms with E-state index in [1.165, 1.54) is 30.4 Å². The van der Waals surface area contributed by atoms with Crippen LogP contribution in [0.15, 0.2) is 47.7 Å². The molecular formula is C20H30IN5. The molecule has 0 amide bonds. The molecule has 1 aliphatic rings. The largest absolute Gasteiger partial charge is 0.356 e. The number of nitrogens with zero attached hydrogens (tertiary/aromatic N) is 3. The molecule has 1 aliphatic carbocycles. The third-order valence-corrected chi connectivity index (χ3v) is 5.13. The van der Waals surface area contributed by atoms with E-state index in [-0.39, 0.29) is 29.4 Å². The second-order valence-corrected chi connectivity index (χ2v) is 6.99. The molecule has 0 saturated heterocycles. The average Bonchev–Trinajstić information content (AvgIpc) is 3.02. The Bertz CT molecular complexity index is 691. The molecule has 1 aromatic carbocycles. The zero-order chi connectivity index (χ0) is 17.5. The molecule has 0 spiro atoms. The maximum atomic E-state index is 4.36. The van der Waals surface area contributed by atoms with E-state index in [1.807, 2.05) is 17.9 Å². The second kappa shape index (κ2) is 9.94. The molecule has 5 nitrogen and oxygen atoms in total. The highest BCUT2D eigenvalue weighted by Gasteiger charge is 2.38. The van der Waals surface area contributed by atoms with Gasteiger partial charge in [0.2, 0.25) is 0 Å². The Morgan fingerprint density at radius 3 is 2.58 bits per heavy atom. The van der Waals surface area contributed by atoms with Gasteiger partial charge in [-0.3, -0.25) is 9.67 Å². The van der Waals surface area contributed by atoms with Crippen molar-refractivity contribution in [2.75, 3.05) is 20.1 Å². The lowest BCUT2D eigenvalue weighted by Crippen LogP contribution is -2.49. The number of benzene rings is 1. The highest BCUT2D eigenvalue weighted by atomic mass is 127. The first-order valence-corrected chi connectivity index (χ1v) is 9.21. The van der Waals surface area contributed by atoms with Crippen molar-refractivity contribution in [3.8, 4) is 0 Å². The van der Waals surface area contributed by atoms with Gasteiger partial charge in [0.1, 0.15) is 0 Å². The van der Waals surface area contributed by atoms with Crippen LogP contribution >= 0.6 is 24.0 Å². The highest BCUT2D eigenvalue weighted by molar-refractivity contribution is 14.0. The van der Waals surface area contributed by atoms with Gasteiger partial charge in [-0.2, -0.15) is 5.10 Å². The van der Waals surface area contributed by atoms with Crippen molar-refractivity contribution < 1.29 is 0 Å². The van der Waals surface area contributed by atoms with Crippen LogP contribution in [0.3, 0.4) is 0 Å². The zero-order valence-corrected chi connectivity index (χ0v) is 18.1. The standard InChI is InChI=1S/C20H29N5.HI/c1-17-14-24-25(15-17)13-7-12-22-19(21-2)23-16-20(10-6-11-20)18-8-4-3-5-9-18;/h3-5,8-9,14-15H,6-7,10-13,16H2,1-2H3,(H2,21,22,23);1H. The molecule has 0 aliphatic heterocycles. The number of rotatable bonds is 7. The van der Waals surface area contributed by atoms with Gasteiger partial charge < -0.3 is 10.6 Å². The molecule has 142 valence electrons. The number of halogens is 1. The van der Waals surface area contributed by atoms with Crippen LogP contribution in [0.5, 0.6) is 0 Å². The summed E-state index contributed by atoms with van der Waals surface area (Å²) in [7, 11) is 1.84. The van der Waals surface area contributed by atoms with E-state index >= 15 is 0 Å². The summed E-state index contributed by atoms with van der Waals surface area (Å²) in [6, 6.07) is 10.9. The van der Waals surface area contributed by atoms with E-state index in [2.05, 4.69) is 64.2 Å². The van der Waals surface area contributed by atoms with E-state index < -0.39 is 0 Å². The lowest BCUT2D eigenvalue weighted by molar-refractivity contribution is 0.244. The van der Waals surface area contributed by atoms with Crippen LogP contribution < -0.4 is 10.6 Å². The summed E-state index contributed by atoms with van der Waals surface area (Å²) in [5, 5.41) is 11.3. The molecule has 6 heteroatoms. The molecule has 2 aromatic rings. The number of aliphatic imine (C=N–C) groups is 1. The van der Waals surface area contributed by atoms with Crippen LogP contribution in [0.1, 0.15) is 36.8 Å². The normalized spacial score (nSPS) is 15.7. The van der Waals surface area contributed by atoms with Crippen LogP contribution in [-0.2, 0) is 12.0 Å². The third-order valence-electron chi connectivity index (χ3n) is 5.13. The maximum Gasteiger partial charge on any atom is 0.191 e. The lowest BCUT2D eigenvalue weighted by Gasteiger charge is -2.43. The Morgan fingerprint density at radius 1 is 1.23 bits per heavy atom. The highest BCUT2D eigenvalue weighted by Crippen LogP contribution is 2.43. The minimum atomic E-state index is 0. The Balaban J connectivity index is 0.00000243. The van der Waals surface area contributed by atoms with Gasteiger partial charge in [-0.05, 0) is 37.3 Å². The summed E-state index contributed by atoms with van der Waals surface area (Å²) in [6.07, 6.45) is 8.81. The summed E-state index contributed by atoms with van der Waals surface area (Å²) in [4.78, 5) is 4.36. The fourth-order valence-corrected chi connectivity index (χ4v) is 3.47. The molecule has 1 fully saturated rings. The summed E-state index contributed by atoms with van der Waals surface area (Å²) in [5.74, 6) is 0.888. The van der Waals surface area contributed by atoms with Crippen molar-refractivity contribution in [3.63, 3.8) is 0 Å². The number of guanidine groups is 1. The van der Waals surface area contributed by atoms with Gasteiger partial charge in [0, 0.05) is 38.3 Å². The molecule has 0 bridgehead atoms. The van der Waals surface area contributed by atoms with Crippen molar-refractivity contribution in [2.24, 2.45) is 4.99 Å². The molecule has 1 aromatic heterocycles. The van der Waals surface area contributed by atoms with Crippen LogP contribution in [0.4, 0.5) is 0 Å². The summed E-state index contributed by atoms with van der Waals surface area (Å²) in [6.45, 7) is 4.81. The molecular weight excluding hydrogens is 437 g/mol. The molecule has 26 heavy (non-hydrogen) atoms. The molecule has 3 rings (SSSR count). The molecule has 0 atom stereocenters. The van der Waals surface area contributed by atoms with E-state index in [0.717, 1.165) is 32.0 Å². The van der Waals surface area contributed by atoms with Crippen LogP contribution in [0, 0.1) is 6.92 Å². The Morgan fingerprint density at radius 2 is 2.00 bits per heavy atom. The quantitative estimate of drug-likeness (QED) is 0.284. The number of aryl methyl sites for hydroxylation is 2. The monoisotopic (exact) mass is 467 g/mol. The summed E-state index contributed by atoms with van der Waals surface area (Å²) < 4.78 is 1.99. The second-order valence-electron chi connectivity index (χ2n) is 6.99. The smallest absolute Gasteiger partial charge is 0.191 e. The molecule has 0 radical (unpaired) electrons. The average molecular weight is 467 g/mol. The zero-order valence-electron chi connectivity index (χ0n) is 15.7. The van der Waals surface area contributed by atoms with Crippen molar-refractivity contribution >= 4 is 29.9 Å². The van der Waals surface area contributed by atoms with Crippen LogP contribution in [-0.4, -0.2) is 35.9 Å². The fourth-order valence-electron chi connectivity index (χ4n) is 3.47. The van der Waals surface area contributed by atoms with Gasteiger partial charge in [0.05, 0.1) is 6.20 Å². The van der Waals surface area contributed by atoms with E-state index in [0.29, 0.717) is 0 Å². The lowest BCUT2D eigenvalue weighted by atomic mass is 9.64. The van der Waals surface area contributed by atoms with Crippen molar-refractivity contribution in [2.45, 2.75) is 44.6 Å². The first kappa shape index (κ1) is 20.7. The first-order valence-electron chi connectivity index (χ1n) is 9.21. The Labute approximate surface area is 173 Å².